The molecule has 0 radical (unpaired) electrons. The summed E-state index contributed by atoms with van der Waals surface area (Å²) >= 11 is 0. The molecule has 0 aromatic rings. The van der Waals surface area contributed by atoms with Crippen LogP contribution in [0.15, 0.2) is 4.99 Å². The van der Waals surface area contributed by atoms with E-state index in [0.717, 1.165) is 6.92 Å². The molecular weight excluding hydrogens is 282 g/mol. The van der Waals surface area contributed by atoms with E-state index in [1.54, 1.807) is 0 Å². The second kappa shape index (κ2) is 5.75. The number of amides is 1. The Kier molecular flexibility index (Phi) is 4.70. The van der Waals surface area contributed by atoms with Crippen LogP contribution in [0.5, 0.6) is 0 Å². The molecule has 1 rings (SSSR count). The zero-order valence-corrected chi connectivity index (χ0v) is 10.3. The van der Waals surface area contributed by atoms with Gasteiger partial charge in [-0.3, -0.25) is 15.3 Å². The van der Waals surface area contributed by atoms with Gasteiger partial charge in [-0.15, -0.1) is 0 Å². The van der Waals surface area contributed by atoms with Crippen molar-refractivity contribution in [3.8, 4) is 0 Å². The predicted octanol–water partition coefficient (Wildman–Crippen LogP) is -1.81. The number of aliphatic hydroxyl groups excluding tert-OH is 2. The number of aliphatic imine (C=N–C) groups is 1. The van der Waals surface area contributed by atoms with Crippen molar-refractivity contribution in [2.75, 3.05) is 6.61 Å². The van der Waals surface area contributed by atoms with Crippen molar-refractivity contribution in [1.82, 2.24) is 10.8 Å². The second-order valence-electron chi connectivity index (χ2n) is 4.19. The van der Waals surface area contributed by atoms with Crippen LogP contribution in [0.1, 0.15) is 6.92 Å². The maximum Gasteiger partial charge on any atom is 0.268 e. The third-order valence-corrected chi connectivity index (χ3v) is 2.67. The Hall–Kier alpha value is -1.69. The number of rotatable bonds is 3. The molecule has 0 unspecified atom stereocenters. The van der Waals surface area contributed by atoms with Gasteiger partial charge in [-0.1, -0.05) is 0 Å². The highest BCUT2D eigenvalue weighted by atomic mass is 19.2. The number of alkyl halides is 2. The summed E-state index contributed by atoms with van der Waals surface area (Å²) in [6, 6.07) is 0. The minimum atomic E-state index is -3.07. The van der Waals surface area contributed by atoms with Crippen LogP contribution in [0.4, 0.5) is 8.78 Å². The Labute approximate surface area is 111 Å². The predicted molar refractivity (Wildman–Crippen MR) is 60.6 cm³/mol. The van der Waals surface area contributed by atoms with E-state index < -0.39 is 42.3 Å². The third-order valence-electron chi connectivity index (χ3n) is 2.67. The standard InChI is InChI=1S/C9H14F2N4O5/c1-8(10)5(18)9(11,3-16)20-6(8)14-7(15-19)13-4(17)2-12/h2,5-6,12,16,18-19H,3H2,1H3,(H2,13,14,15,17)/t5-,6+,8+,9+/m0/s1. The van der Waals surface area contributed by atoms with Gasteiger partial charge in [0.15, 0.2) is 18.0 Å². The van der Waals surface area contributed by atoms with Crippen LogP contribution in [0.3, 0.4) is 0 Å². The number of hydrogen-bond donors (Lipinski definition) is 6. The molecule has 0 aromatic carbocycles. The second-order valence-corrected chi connectivity index (χ2v) is 4.19. The smallest absolute Gasteiger partial charge is 0.268 e. The van der Waals surface area contributed by atoms with Crippen molar-refractivity contribution in [2.45, 2.75) is 30.8 Å². The Morgan fingerprint density at radius 2 is 2.20 bits per heavy atom. The fourth-order valence-corrected chi connectivity index (χ4v) is 1.56. The molecule has 1 amide bonds. The van der Waals surface area contributed by atoms with Gasteiger partial charge in [0.1, 0.15) is 6.61 Å². The Bertz CT molecular complexity index is 433. The Morgan fingerprint density at radius 3 is 2.60 bits per heavy atom. The van der Waals surface area contributed by atoms with E-state index in [1.807, 2.05) is 5.32 Å². The molecule has 0 saturated carbocycles. The average Bonchev–Trinajstić information content (AvgIpc) is 2.59. The molecule has 1 saturated heterocycles. The lowest BCUT2D eigenvalue weighted by atomic mass is 9.98. The molecule has 1 heterocycles. The van der Waals surface area contributed by atoms with Crippen molar-refractivity contribution in [3.63, 3.8) is 0 Å². The summed E-state index contributed by atoms with van der Waals surface area (Å²) in [6.45, 7) is -0.537. The van der Waals surface area contributed by atoms with Crippen LogP contribution in [0.2, 0.25) is 0 Å². The number of halogens is 2. The summed E-state index contributed by atoms with van der Waals surface area (Å²) in [4.78, 5) is 14.2. The number of hydroxylamine groups is 1. The molecular formula is C9H14F2N4O5. The minimum Gasteiger partial charge on any atom is -0.390 e. The lowest BCUT2D eigenvalue weighted by Gasteiger charge is -2.22. The van der Waals surface area contributed by atoms with E-state index in [2.05, 4.69) is 9.73 Å². The maximum absolute atomic E-state index is 14.2. The summed E-state index contributed by atoms with van der Waals surface area (Å²) in [5.74, 6) is -4.79. The van der Waals surface area contributed by atoms with Crippen molar-refractivity contribution < 1.29 is 33.7 Å². The molecule has 6 N–H and O–H groups in total. The zero-order chi connectivity index (χ0) is 15.6. The first-order chi connectivity index (χ1) is 9.21. The summed E-state index contributed by atoms with van der Waals surface area (Å²) in [5.41, 5.74) is -1.33. The van der Waals surface area contributed by atoms with Gasteiger partial charge in [-0.05, 0) is 6.92 Å². The molecule has 1 aliphatic heterocycles. The van der Waals surface area contributed by atoms with E-state index in [4.69, 9.17) is 15.7 Å². The summed E-state index contributed by atoms with van der Waals surface area (Å²) in [6.07, 6.45) is -3.93. The van der Waals surface area contributed by atoms with Gasteiger partial charge in [-0.2, -0.15) is 0 Å². The topological polar surface area (TPSA) is 147 Å². The number of nitrogens with zero attached hydrogens (tertiary/aromatic N) is 1. The van der Waals surface area contributed by atoms with Gasteiger partial charge < -0.3 is 20.4 Å². The largest absolute Gasteiger partial charge is 0.390 e. The summed E-state index contributed by atoms with van der Waals surface area (Å²) < 4.78 is 32.5. The number of guanidine groups is 1. The van der Waals surface area contributed by atoms with Gasteiger partial charge in [-0.25, -0.2) is 19.3 Å². The fourth-order valence-electron chi connectivity index (χ4n) is 1.56. The number of aliphatic hydroxyl groups is 2. The minimum absolute atomic E-state index is 0.346. The molecule has 20 heavy (non-hydrogen) atoms. The van der Waals surface area contributed by atoms with Crippen molar-refractivity contribution in [3.05, 3.63) is 0 Å². The molecule has 0 bridgehead atoms. The molecule has 1 fully saturated rings. The van der Waals surface area contributed by atoms with Crippen LogP contribution >= 0.6 is 0 Å². The van der Waals surface area contributed by atoms with Gasteiger partial charge >= 0.3 is 0 Å². The molecule has 11 heteroatoms. The Balaban J connectivity index is 3.00. The van der Waals surface area contributed by atoms with E-state index in [-0.39, 0.29) is 0 Å². The summed E-state index contributed by atoms with van der Waals surface area (Å²) in [5, 5.41) is 35.4. The van der Waals surface area contributed by atoms with Crippen LogP contribution in [0.25, 0.3) is 0 Å². The van der Waals surface area contributed by atoms with Gasteiger partial charge in [0, 0.05) is 0 Å². The molecule has 9 nitrogen and oxygen atoms in total. The quantitative estimate of drug-likeness (QED) is 0.205. The van der Waals surface area contributed by atoms with Crippen LogP contribution in [0, 0.1) is 5.41 Å². The summed E-state index contributed by atoms with van der Waals surface area (Å²) in [7, 11) is 0. The van der Waals surface area contributed by atoms with Gasteiger partial charge in [0.05, 0.1) is 6.21 Å². The molecule has 0 aliphatic carbocycles. The van der Waals surface area contributed by atoms with E-state index >= 15 is 0 Å². The van der Waals surface area contributed by atoms with Crippen LogP contribution in [-0.2, 0) is 9.53 Å². The van der Waals surface area contributed by atoms with Gasteiger partial charge in [0.2, 0.25) is 5.96 Å². The average molecular weight is 296 g/mol. The van der Waals surface area contributed by atoms with Crippen LogP contribution in [-0.4, -0.2) is 64.0 Å². The monoisotopic (exact) mass is 296 g/mol. The first-order valence-electron chi connectivity index (χ1n) is 5.35. The Morgan fingerprint density at radius 1 is 1.60 bits per heavy atom. The van der Waals surface area contributed by atoms with Crippen molar-refractivity contribution in [2.24, 2.45) is 4.99 Å². The molecule has 1 aliphatic rings. The highest BCUT2D eigenvalue weighted by Gasteiger charge is 2.63. The maximum atomic E-state index is 14.2. The number of carbonyl (C=O) groups excluding carboxylic acids is 1. The highest BCUT2D eigenvalue weighted by molar-refractivity contribution is 6.28. The highest BCUT2D eigenvalue weighted by Crippen LogP contribution is 2.42. The van der Waals surface area contributed by atoms with Crippen molar-refractivity contribution in [1.29, 1.82) is 5.41 Å². The van der Waals surface area contributed by atoms with Gasteiger partial charge in [0.25, 0.3) is 11.8 Å². The number of carbonyl (C=O) groups is 1. The molecule has 114 valence electrons. The lowest BCUT2D eigenvalue weighted by Crippen LogP contribution is -2.47. The number of hydrogen-bond acceptors (Lipinski definition) is 7. The molecule has 4 atom stereocenters. The van der Waals surface area contributed by atoms with E-state index in [1.165, 1.54) is 5.48 Å². The first-order valence-corrected chi connectivity index (χ1v) is 5.35. The van der Waals surface area contributed by atoms with Crippen molar-refractivity contribution >= 4 is 18.1 Å². The number of nitrogens with one attached hydrogen (secondary N) is 3. The number of ether oxygens (including phenoxy) is 1. The SMILES string of the molecule is C[C@]1(F)[C@H](N=C(NO)NC(=O)C=N)O[C@](F)(CO)[C@H]1O. The fraction of sp³-hybridized carbons (Fsp3) is 0.667. The lowest BCUT2D eigenvalue weighted by molar-refractivity contribution is -0.194. The van der Waals surface area contributed by atoms with E-state index in [9.17, 15) is 18.7 Å². The van der Waals surface area contributed by atoms with Crippen LogP contribution < -0.4 is 10.8 Å². The molecule has 0 spiro atoms. The van der Waals surface area contributed by atoms with E-state index in [0.29, 0.717) is 6.21 Å². The molecule has 0 aromatic heterocycles. The normalized spacial score (nSPS) is 37.6. The third kappa shape index (κ3) is 2.90. The zero-order valence-electron chi connectivity index (χ0n) is 10.3. The first kappa shape index (κ1) is 16.4.